The summed E-state index contributed by atoms with van der Waals surface area (Å²) in [6.07, 6.45) is -2.02. The van der Waals surface area contributed by atoms with Crippen LogP contribution in [0.15, 0.2) is 47.2 Å². The number of hydrogen-bond acceptors (Lipinski definition) is 4. The lowest BCUT2D eigenvalue weighted by molar-refractivity contribution is -0.600. The number of rotatable bonds is 5. The molecule has 3 aromatic rings. The standard InChI is InChI=1S/C17H12F3N3O3/c18-17(19,20)8-23-12-5-13(16(24)25)22-6-10(12)15(21)11-7-26-14-4-2-1-3-9(11)14/h1-7,21H,8H2,(H,22,23)(H,24,25)/p+1. The molecule has 134 valence electrons. The number of quaternary nitrogens is 1. The monoisotopic (exact) mass is 364 g/mol. The first-order valence-electron chi connectivity index (χ1n) is 7.45. The van der Waals surface area contributed by atoms with E-state index in [1.165, 1.54) is 6.26 Å². The maximum Gasteiger partial charge on any atom is 0.438 e. The Morgan fingerprint density at radius 1 is 1.27 bits per heavy atom. The molecule has 1 aromatic carbocycles. The minimum atomic E-state index is -4.45. The van der Waals surface area contributed by atoms with Gasteiger partial charge in [-0.2, -0.15) is 13.2 Å². The number of aromatic carboxylic acids is 1. The highest BCUT2D eigenvalue weighted by Gasteiger charge is 2.31. The Labute approximate surface area is 144 Å². The number of nitrogens with one attached hydrogen (secondary N) is 1. The van der Waals surface area contributed by atoms with Gasteiger partial charge in [0.05, 0.1) is 11.3 Å². The quantitative estimate of drug-likeness (QED) is 0.606. The van der Waals surface area contributed by atoms with Gasteiger partial charge in [-0.3, -0.25) is 5.41 Å². The average Bonchev–Trinajstić information content (AvgIpc) is 3.02. The van der Waals surface area contributed by atoms with Gasteiger partial charge in [-0.25, -0.2) is 9.78 Å². The molecule has 0 unspecified atom stereocenters. The van der Waals surface area contributed by atoms with E-state index in [1.54, 1.807) is 24.3 Å². The van der Waals surface area contributed by atoms with Crippen LogP contribution in [0.4, 0.5) is 18.9 Å². The smallest absolute Gasteiger partial charge is 0.438 e. The van der Waals surface area contributed by atoms with E-state index in [2.05, 4.69) is 4.98 Å². The molecule has 0 aliphatic heterocycles. The van der Waals surface area contributed by atoms with Gasteiger partial charge in [-0.1, -0.05) is 18.2 Å². The highest BCUT2D eigenvalue weighted by atomic mass is 19.4. The van der Waals surface area contributed by atoms with Crippen LogP contribution in [-0.2, 0) is 0 Å². The van der Waals surface area contributed by atoms with Crippen LogP contribution in [0.5, 0.6) is 0 Å². The van der Waals surface area contributed by atoms with Crippen LogP contribution in [0.3, 0.4) is 0 Å². The zero-order valence-electron chi connectivity index (χ0n) is 13.2. The molecule has 0 amide bonds. The fraction of sp³-hybridized carbons (Fsp3) is 0.118. The summed E-state index contributed by atoms with van der Waals surface area (Å²) in [6, 6.07) is 7.96. The van der Waals surface area contributed by atoms with Gasteiger partial charge < -0.3 is 14.8 Å². The molecule has 9 heteroatoms. The molecule has 0 fully saturated rings. The molecular formula is C17H13F3N3O3+. The van der Waals surface area contributed by atoms with E-state index < -0.39 is 24.4 Å². The van der Waals surface area contributed by atoms with Crippen LogP contribution in [0.2, 0.25) is 0 Å². The minimum absolute atomic E-state index is 0.0231. The number of carboxylic acid groups (broad SMARTS) is 1. The van der Waals surface area contributed by atoms with Gasteiger partial charge in [0.25, 0.3) is 0 Å². The summed E-state index contributed by atoms with van der Waals surface area (Å²) in [4.78, 5) is 14.8. The van der Waals surface area contributed by atoms with Crippen LogP contribution < -0.4 is 5.32 Å². The van der Waals surface area contributed by atoms with Crippen molar-refractivity contribution in [3.8, 4) is 0 Å². The van der Waals surface area contributed by atoms with E-state index in [0.717, 1.165) is 17.6 Å². The molecular weight excluding hydrogens is 351 g/mol. The predicted molar refractivity (Wildman–Crippen MR) is 85.8 cm³/mol. The normalized spacial score (nSPS) is 11.7. The van der Waals surface area contributed by atoms with Crippen molar-refractivity contribution in [3.63, 3.8) is 0 Å². The second-order valence-electron chi connectivity index (χ2n) is 5.51. The molecule has 3 rings (SSSR count). The molecule has 0 aliphatic rings. The number of nitrogens with two attached hydrogens (primary N) is 1. The number of halogens is 3. The number of carboxylic acids is 1. The zero-order valence-corrected chi connectivity index (χ0v) is 13.2. The maximum absolute atomic E-state index is 12.6. The van der Waals surface area contributed by atoms with E-state index in [4.69, 9.17) is 14.9 Å². The zero-order chi connectivity index (χ0) is 18.9. The van der Waals surface area contributed by atoms with Crippen molar-refractivity contribution in [2.75, 3.05) is 6.54 Å². The van der Waals surface area contributed by atoms with Gasteiger partial charge in [0.1, 0.15) is 17.5 Å². The Balaban J connectivity index is 2.05. The summed E-state index contributed by atoms with van der Waals surface area (Å²) in [6.45, 7) is -1.25. The molecule has 6 nitrogen and oxygen atoms in total. The molecule has 0 saturated carbocycles. The van der Waals surface area contributed by atoms with E-state index >= 15 is 0 Å². The Morgan fingerprint density at radius 3 is 2.69 bits per heavy atom. The van der Waals surface area contributed by atoms with Crippen LogP contribution in [0.25, 0.3) is 11.0 Å². The molecule has 0 spiro atoms. The van der Waals surface area contributed by atoms with Crippen LogP contribution in [-0.4, -0.2) is 34.5 Å². The third kappa shape index (κ3) is 3.57. The summed E-state index contributed by atoms with van der Waals surface area (Å²) in [5, 5.41) is 18.9. The first-order chi connectivity index (χ1) is 12.3. The van der Waals surface area contributed by atoms with Crippen LogP contribution in [0.1, 0.15) is 21.6 Å². The number of benzene rings is 1. The molecule has 4 N–H and O–H groups in total. The lowest BCUT2D eigenvalue weighted by Crippen LogP contribution is -2.81. The second-order valence-corrected chi connectivity index (χ2v) is 5.51. The molecule has 0 bridgehead atoms. The number of pyridine rings is 1. The number of furan rings is 1. The van der Waals surface area contributed by atoms with E-state index in [9.17, 15) is 18.0 Å². The molecule has 26 heavy (non-hydrogen) atoms. The third-order valence-corrected chi connectivity index (χ3v) is 3.73. The van der Waals surface area contributed by atoms with Gasteiger partial charge in [0.15, 0.2) is 12.2 Å². The highest BCUT2D eigenvalue weighted by Crippen LogP contribution is 2.25. The number of fused-ring (bicyclic) bond motifs is 1. The summed E-state index contributed by atoms with van der Waals surface area (Å²) in [5.74, 6) is -1.36. The van der Waals surface area contributed by atoms with E-state index in [-0.39, 0.29) is 17.0 Å². The van der Waals surface area contributed by atoms with Gasteiger partial charge in [-0.05, 0) is 6.07 Å². The summed E-state index contributed by atoms with van der Waals surface area (Å²) >= 11 is 0. The second kappa shape index (κ2) is 6.60. The Kier molecular flexibility index (Phi) is 4.47. The van der Waals surface area contributed by atoms with E-state index in [1.807, 2.05) is 0 Å². The van der Waals surface area contributed by atoms with Crippen molar-refractivity contribution in [1.82, 2.24) is 4.98 Å². The number of carbonyl (C=O) groups is 1. The fourth-order valence-corrected chi connectivity index (χ4v) is 2.51. The van der Waals surface area contributed by atoms with Gasteiger partial charge >= 0.3 is 12.1 Å². The summed E-state index contributed by atoms with van der Waals surface area (Å²) < 4.78 is 43.1. The first-order valence-corrected chi connectivity index (χ1v) is 7.45. The fourth-order valence-electron chi connectivity index (χ4n) is 2.51. The Bertz CT molecular complexity index is 996. The lowest BCUT2D eigenvalue weighted by Gasteiger charge is -2.10. The SMILES string of the molecule is N=C(c1cnc(C(=O)O)cc1[NH2+]CC(F)(F)F)c1coc2ccccc12. The van der Waals surface area contributed by atoms with Crippen LogP contribution in [0, 0.1) is 5.41 Å². The average molecular weight is 364 g/mol. The minimum Gasteiger partial charge on any atom is -0.477 e. The molecule has 0 radical (unpaired) electrons. The van der Waals surface area contributed by atoms with Gasteiger partial charge in [-0.15, -0.1) is 0 Å². The molecule has 0 aliphatic carbocycles. The number of alkyl halides is 3. The third-order valence-electron chi connectivity index (χ3n) is 3.73. The number of aromatic nitrogens is 1. The Hall–Kier alpha value is -3.20. The van der Waals surface area contributed by atoms with Crippen molar-refractivity contribution in [3.05, 3.63) is 59.6 Å². The molecule has 2 heterocycles. The first kappa shape index (κ1) is 17.6. The molecule has 2 aromatic heterocycles. The van der Waals surface area contributed by atoms with Crippen molar-refractivity contribution in [2.24, 2.45) is 0 Å². The van der Waals surface area contributed by atoms with Gasteiger partial charge in [0.2, 0.25) is 0 Å². The lowest BCUT2D eigenvalue weighted by atomic mass is 10.0. The predicted octanol–water partition coefficient (Wildman–Crippen LogP) is 2.70. The van der Waals surface area contributed by atoms with Crippen molar-refractivity contribution in [2.45, 2.75) is 6.18 Å². The summed E-state index contributed by atoms with van der Waals surface area (Å²) in [7, 11) is 0. The summed E-state index contributed by atoms with van der Waals surface area (Å²) in [5.41, 5.74) is 0.478. The molecule has 0 atom stereocenters. The largest absolute Gasteiger partial charge is 0.477 e. The number of para-hydroxylation sites is 1. The van der Waals surface area contributed by atoms with Crippen LogP contribution >= 0.6 is 0 Å². The molecule has 0 saturated heterocycles. The maximum atomic E-state index is 12.6. The van der Waals surface area contributed by atoms with E-state index in [0.29, 0.717) is 16.5 Å². The highest BCUT2D eigenvalue weighted by molar-refractivity contribution is 6.19. The number of hydrogen-bond donors (Lipinski definition) is 3. The number of nitrogens with zero attached hydrogens (tertiary/aromatic N) is 1. The Morgan fingerprint density at radius 2 is 2.00 bits per heavy atom. The van der Waals surface area contributed by atoms with Gasteiger partial charge in [0, 0.05) is 23.2 Å². The van der Waals surface area contributed by atoms with Crippen molar-refractivity contribution < 1.29 is 32.8 Å². The topological polar surface area (TPSA) is 104 Å². The van der Waals surface area contributed by atoms with Crippen molar-refractivity contribution in [1.29, 1.82) is 5.41 Å². The van der Waals surface area contributed by atoms with Crippen molar-refractivity contribution >= 4 is 28.3 Å².